The highest BCUT2D eigenvalue weighted by Gasteiger charge is 2.35. The number of rotatable bonds is 6. The van der Waals surface area contributed by atoms with E-state index in [-0.39, 0.29) is 23.3 Å². The Balaban J connectivity index is 1.95. The van der Waals surface area contributed by atoms with Gasteiger partial charge >= 0.3 is 6.18 Å². The van der Waals surface area contributed by atoms with Crippen molar-refractivity contribution in [3.8, 4) is 0 Å². The molecule has 1 unspecified atom stereocenters. The molecule has 0 fully saturated rings. The first-order valence-corrected chi connectivity index (χ1v) is 9.41. The van der Waals surface area contributed by atoms with E-state index in [1.165, 1.54) is 0 Å². The third-order valence-corrected chi connectivity index (χ3v) is 4.99. The van der Waals surface area contributed by atoms with Crippen molar-refractivity contribution in [2.24, 2.45) is 5.73 Å². The second kappa shape index (κ2) is 8.32. The van der Waals surface area contributed by atoms with Crippen LogP contribution >= 0.6 is 11.3 Å². The van der Waals surface area contributed by atoms with Gasteiger partial charge in [-0.1, -0.05) is 0 Å². The van der Waals surface area contributed by atoms with Gasteiger partial charge in [-0.3, -0.25) is 9.59 Å². The summed E-state index contributed by atoms with van der Waals surface area (Å²) in [5.74, 6) is -2.85. The summed E-state index contributed by atoms with van der Waals surface area (Å²) in [6, 6.07) is 5.64. The Kier molecular flexibility index (Phi) is 5.99. The predicted octanol–water partition coefficient (Wildman–Crippen LogP) is 2.22. The molecule has 2 aromatic heterocycles. The minimum absolute atomic E-state index is 0.161. The number of hydrogen-bond acceptors (Lipinski definition) is 7. The van der Waals surface area contributed by atoms with E-state index in [0.717, 1.165) is 17.5 Å². The number of carbonyl (C=O) groups excluding carboxylic acids is 2. The molecule has 1 atom stereocenters. The van der Waals surface area contributed by atoms with Crippen LogP contribution in [0.2, 0.25) is 0 Å². The summed E-state index contributed by atoms with van der Waals surface area (Å²) in [5, 5.41) is 2.90. The minimum atomic E-state index is -4.69. The molecule has 0 saturated carbocycles. The van der Waals surface area contributed by atoms with Crippen molar-refractivity contribution < 1.29 is 22.8 Å². The van der Waals surface area contributed by atoms with Crippen LogP contribution in [0.1, 0.15) is 22.4 Å². The molecule has 8 nitrogen and oxygen atoms in total. The molecule has 2 amide bonds. The molecule has 0 spiro atoms. The number of alkyl halides is 3. The van der Waals surface area contributed by atoms with Crippen LogP contribution in [0.4, 0.5) is 18.9 Å². The van der Waals surface area contributed by atoms with E-state index in [2.05, 4.69) is 20.3 Å². The molecular formula is C18H17F3N6O2S. The number of likely N-dealkylation sites (N-methyl/N-ethyl adjacent to an activating group) is 1. The minimum Gasteiger partial charge on any atom is -0.369 e. The van der Waals surface area contributed by atoms with Gasteiger partial charge in [0.1, 0.15) is 22.4 Å². The first-order chi connectivity index (χ1) is 14.0. The topological polar surface area (TPSA) is 114 Å². The number of primary amides is 1. The number of aromatic nitrogens is 3. The Morgan fingerprint density at radius 3 is 2.60 bits per heavy atom. The average molecular weight is 438 g/mol. The fraction of sp³-hybridized carbons (Fsp3) is 0.278. The van der Waals surface area contributed by atoms with Crippen molar-refractivity contribution in [3.63, 3.8) is 0 Å². The first kappa shape index (κ1) is 21.6. The molecule has 0 aliphatic rings. The zero-order valence-electron chi connectivity index (χ0n) is 15.9. The Morgan fingerprint density at radius 1 is 1.23 bits per heavy atom. The van der Waals surface area contributed by atoms with E-state index < -0.39 is 23.7 Å². The normalized spacial score (nSPS) is 12.9. The third-order valence-electron chi connectivity index (χ3n) is 3.90. The number of fused-ring (bicyclic) bond motifs is 1. The van der Waals surface area contributed by atoms with E-state index in [0.29, 0.717) is 22.0 Å². The van der Waals surface area contributed by atoms with Gasteiger partial charge in [0.15, 0.2) is 0 Å². The SMILES string of the molecule is CN(C)CC(=O)Nc1ccc2nc(C(C(N)=O)c3nccc(C(F)(F)F)n3)sc2c1. The summed E-state index contributed by atoms with van der Waals surface area (Å²) < 4.78 is 39.5. The number of benzene rings is 1. The largest absolute Gasteiger partial charge is 0.433 e. The molecule has 30 heavy (non-hydrogen) atoms. The summed E-state index contributed by atoms with van der Waals surface area (Å²) in [5.41, 5.74) is 5.28. The number of carbonyl (C=O) groups is 2. The lowest BCUT2D eigenvalue weighted by Crippen LogP contribution is -2.26. The molecule has 0 saturated heterocycles. The average Bonchev–Trinajstić information content (AvgIpc) is 3.02. The quantitative estimate of drug-likeness (QED) is 0.610. The van der Waals surface area contributed by atoms with Gasteiger partial charge in [-0.25, -0.2) is 15.0 Å². The smallest absolute Gasteiger partial charge is 0.369 e. The maximum atomic E-state index is 13.0. The van der Waals surface area contributed by atoms with Gasteiger partial charge in [-0.05, 0) is 38.4 Å². The summed E-state index contributed by atoms with van der Waals surface area (Å²) in [6.07, 6.45) is -3.76. The van der Waals surface area contributed by atoms with E-state index >= 15 is 0 Å². The van der Waals surface area contributed by atoms with Crippen LogP contribution in [0.15, 0.2) is 30.5 Å². The van der Waals surface area contributed by atoms with Crippen molar-refractivity contribution in [2.45, 2.75) is 12.1 Å². The zero-order valence-corrected chi connectivity index (χ0v) is 16.7. The number of nitrogens with zero attached hydrogens (tertiary/aromatic N) is 4. The van der Waals surface area contributed by atoms with Gasteiger partial charge in [-0.2, -0.15) is 13.2 Å². The number of nitrogens with one attached hydrogen (secondary N) is 1. The Bertz CT molecular complexity index is 1100. The molecule has 12 heteroatoms. The lowest BCUT2D eigenvalue weighted by Gasteiger charge is -2.11. The number of hydrogen-bond donors (Lipinski definition) is 2. The van der Waals surface area contributed by atoms with Crippen LogP contribution in [-0.4, -0.2) is 52.3 Å². The number of halogens is 3. The fourth-order valence-electron chi connectivity index (χ4n) is 2.66. The van der Waals surface area contributed by atoms with E-state index in [1.54, 1.807) is 37.2 Å². The van der Waals surface area contributed by atoms with Gasteiger partial charge in [0, 0.05) is 11.9 Å². The Hall–Kier alpha value is -3.12. The fourth-order valence-corrected chi connectivity index (χ4v) is 3.77. The molecule has 0 bridgehead atoms. The molecule has 0 aliphatic heterocycles. The second-order valence-electron chi connectivity index (χ2n) is 6.65. The molecular weight excluding hydrogens is 421 g/mol. The van der Waals surface area contributed by atoms with Crippen LogP contribution in [0.5, 0.6) is 0 Å². The number of nitrogens with two attached hydrogens (primary N) is 1. The summed E-state index contributed by atoms with van der Waals surface area (Å²) in [6.45, 7) is 0.197. The van der Waals surface area contributed by atoms with Crippen LogP contribution in [0.25, 0.3) is 10.2 Å². The summed E-state index contributed by atoms with van der Waals surface area (Å²) >= 11 is 1.06. The van der Waals surface area contributed by atoms with Crippen LogP contribution in [0, 0.1) is 0 Å². The van der Waals surface area contributed by atoms with Crippen molar-refractivity contribution in [3.05, 3.63) is 47.0 Å². The van der Waals surface area contributed by atoms with E-state index in [1.807, 2.05) is 0 Å². The molecule has 2 heterocycles. The highest BCUT2D eigenvalue weighted by molar-refractivity contribution is 7.18. The molecule has 0 aliphatic carbocycles. The molecule has 3 N–H and O–H groups in total. The van der Waals surface area contributed by atoms with E-state index in [4.69, 9.17) is 5.73 Å². The molecule has 1 aromatic carbocycles. The lowest BCUT2D eigenvalue weighted by atomic mass is 10.1. The molecule has 3 rings (SSSR count). The molecule has 158 valence electrons. The number of anilines is 1. The van der Waals surface area contributed by atoms with Crippen molar-refractivity contribution in [2.75, 3.05) is 26.0 Å². The maximum absolute atomic E-state index is 13.0. The van der Waals surface area contributed by atoms with Gasteiger partial charge < -0.3 is 16.0 Å². The van der Waals surface area contributed by atoms with Gasteiger partial charge in [-0.15, -0.1) is 11.3 Å². The number of amides is 2. The van der Waals surface area contributed by atoms with Crippen LogP contribution in [-0.2, 0) is 15.8 Å². The van der Waals surface area contributed by atoms with Gasteiger partial charge in [0.25, 0.3) is 0 Å². The standard InChI is InChI=1S/C18H17F3N6O2S/c1-27(2)8-13(28)24-9-3-4-10-11(7-9)30-17(25-10)14(15(22)29)16-23-6-5-12(26-16)18(19,20)21/h3-7,14H,8H2,1-2H3,(H2,22,29)(H,24,28). The highest BCUT2D eigenvalue weighted by atomic mass is 32.1. The summed E-state index contributed by atoms with van der Waals surface area (Å²) in [4.78, 5) is 37.2. The van der Waals surface area contributed by atoms with Crippen molar-refractivity contribution in [1.82, 2.24) is 19.9 Å². The van der Waals surface area contributed by atoms with Crippen LogP contribution in [0.3, 0.4) is 0 Å². The maximum Gasteiger partial charge on any atom is 0.433 e. The third kappa shape index (κ3) is 4.89. The number of thiazole rings is 1. The summed E-state index contributed by atoms with van der Waals surface area (Å²) in [7, 11) is 3.52. The predicted molar refractivity (Wildman–Crippen MR) is 105 cm³/mol. The van der Waals surface area contributed by atoms with Crippen LogP contribution < -0.4 is 11.1 Å². The van der Waals surface area contributed by atoms with E-state index in [9.17, 15) is 22.8 Å². The Labute approximate surface area is 172 Å². The van der Waals surface area contributed by atoms with Gasteiger partial charge in [0.05, 0.1) is 16.8 Å². The first-order valence-electron chi connectivity index (χ1n) is 8.59. The van der Waals surface area contributed by atoms with Crippen molar-refractivity contribution >= 4 is 39.1 Å². The van der Waals surface area contributed by atoms with Gasteiger partial charge in [0.2, 0.25) is 11.8 Å². The molecule has 3 aromatic rings. The lowest BCUT2D eigenvalue weighted by molar-refractivity contribution is -0.141. The monoisotopic (exact) mass is 438 g/mol. The highest BCUT2D eigenvalue weighted by Crippen LogP contribution is 2.33. The molecule has 0 radical (unpaired) electrons. The Morgan fingerprint density at radius 2 is 1.97 bits per heavy atom. The second-order valence-corrected chi connectivity index (χ2v) is 7.72. The zero-order chi connectivity index (χ0) is 22.1. The van der Waals surface area contributed by atoms with Crippen molar-refractivity contribution in [1.29, 1.82) is 0 Å².